The van der Waals surface area contributed by atoms with E-state index in [4.69, 9.17) is 23.7 Å². The summed E-state index contributed by atoms with van der Waals surface area (Å²) in [6.45, 7) is 5.00. The van der Waals surface area contributed by atoms with Gasteiger partial charge in [0.05, 0.1) is 19.8 Å². The van der Waals surface area contributed by atoms with Gasteiger partial charge in [0.2, 0.25) is 18.4 Å². The molecule has 1 aliphatic rings. The number of amides is 2. The van der Waals surface area contributed by atoms with Gasteiger partial charge in [-0.1, -0.05) is 12.1 Å². The van der Waals surface area contributed by atoms with Crippen LogP contribution in [-0.4, -0.2) is 58.2 Å². The highest BCUT2D eigenvalue weighted by Crippen LogP contribution is 2.49. The predicted octanol–water partition coefficient (Wildman–Crippen LogP) is 3.37. The van der Waals surface area contributed by atoms with Gasteiger partial charge in [0.1, 0.15) is 12.1 Å². The van der Waals surface area contributed by atoms with Crippen LogP contribution in [0.5, 0.6) is 17.2 Å². The minimum absolute atomic E-state index is 0.0128. The summed E-state index contributed by atoms with van der Waals surface area (Å²) in [6.07, 6.45) is -0.671. The van der Waals surface area contributed by atoms with Crippen LogP contribution in [0.1, 0.15) is 31.1 Å². The van der Waals surface area contributed by atoms with Gasteiger partial charge in [0.25, 0.3) is 0 Å². The van der Waals surface area contributed by atoms with Crippen LogP contribution in [0.2, 0.25) is 0 Å². The topological polar surface area (TPSA) is 113 Å². The van der Waals surface area contributed by atoms with Crippen LogP contribution in [0.4, 0.5) is 10.5 Å². The molecule has 2 aromatic rings. The lowest BCUT2D eigenvalue weighted by atomic mass is 9.97. The number of rotatable bonds is 6. The van der Waals surface area contributed by atoms with Gasteiger partial charge in [-0.25, -0.2) is 9.59 Å². The molecule has 0 bridgehead atoms. The standard InChI is InChI=1S/C24H28N2O8/c1-24(2,3)34-23(29)25-12-18(27)26(4)15-9-7-14(8-10-15)19-16(22(28)31-6)11-17-20(21(19)30-5)33-13-32-17/h7-11H,12-13H2,1-6H3,(H,25,29). The van der Waals surface area contributed by atoms with Crippen molar-refractivity contribution in [1.82, 2.24) is 5.32 Å². The average Bonchev–Trinajstić information content (AvgIpc) is 3.27. The Labute approximate surface area is 197 Å². The SMILES string of the molecule is COC(=O)c1cc2c(c(OC)c1-c1ccc(N(C)C(=O)CNC(=O)OC(C)(C)C)cc1)OCO2. The lowest BCUT2D eigenvalue weighted by Crippen LogP contribution is -2.40. The van der Waals surface area contributed by atoms with Gasteiger partial charge in [-0.2, -0.15) is 0 Å². The molecule has 182 valence electrons. The Hall–Kier alpha value is -3.95. The van der Waals surface area contributed by atoms with Crippen LogP contribution in [0, 0.1) is 0 Å². The number of carbonyl (C=O) groups is 3. The molecular formula is C24H28N2O8. The highest BCUT2D eigenvalue weighted by Gasteiger charge is 2.29. The van der Waals surface area contributed by atoms with E-state index < -0.39 is 17.7 Å². The van der Waals surface area contributed by atoms with E-state index in [0.717, 1.165) is 0 Å². The molecule has 0 aliphatic carbocycles. The monoisotopic (exact) mass is 472 g/mol. The summed E-state index contributed by atoms with van der Waals surface area (Å²) < 4.78 is 26.6. The minimum Gasteiger partial charge on any atom is -0.492 e. The minimum atomic E-state index is -0.671. The van der Waals surface area contributed by atoms with Crippen molar-refractivity contribution < 1.29 is 38.1 Å². The largest absolute Gasteiger partial charge is 0.492 e. The molecule has 0 spiro atoms. The number of likely N-dealkylation sites (N-methyl/N-ethyl adjacent to an activating group) is 1. The molecule has 3 rings (SSSR count). The Morgan fingerprint density at radius 3 is 2.35 bits per heavy atom. The second-order valence-corrected chi connectivity index (χ2v) is 8.41. The normalized spacial score (nSPS) is 12.1. The molecule has 0 atom stereocenters. The average molecular weight is 472 g/mol. The predicted molar refractivity (Wildman–Crippen MR) is 124 cm³/mol. The van der Waals surface area contributed by atoms with E-state index in [1.807, 2.05) is 0 Å². The first-order chi connectivity index (χ1) is 16.1. The van der Waals surface area contributed by atoms with Crippen molar-refractivity contribution in [3.8, 4) is 28.4 Å². The van der Waals surface area contributed by atoms with Gasteiger partial charge in [-0.15, -0.1) is 0 Å². The number of ether oxygens (including phenoxy) is 5. The Bertz CT molecular complexity index is 1090. The van der Waals surface area contributed by atoms with E-state index in [0.29, 0.717) is 34.1 Å². The first-order valence-electron chi connectivity index (χ1n) is 10.5. The summed E-state index contributed by atoms with van der Waals surface area (Å²) >= 11 is 0. The second kappa shape index (κ2) is 9.90. The maximum atomic E-state index is 12.5. The molecule has 0 saturated carbocycles. The quantitative estimate of drug-likeness (QED) is 0.637. The summed E-state index contributed by atoms with van der Waals surface area (Å²) in [5, 5.41) is 2.45. The van der Waals surface area contributed by atoms with E-state index >= 15 is 0 Å². The van der Waals surface area contributed by atoms with Crippen molar-refractivity contribution in [1.29, 1.82) is 0 Å². The molecular weight excluding hydrogens is 444 g/mol. The Balaban J connectivity index is 1.84. The third kappa shape index (κ3) is 5.33. The Morgan fingerprint density at radius 1 is 1.09 bits per heavy atom. The number of fused-ring (bicyclic) bond motifs is 1. The number of nitrogens with one attached hydrogen (secondary N) is 1. The zero-order valence-corrected chi connectivity index (χ0v) is 20.0. The van der Waals surface area contributed by atoms with Gasteiger partial charge in [0, 0.05) is 18.3 Å². The number of benzene rings is 2. The van der Waals surface area contributed by atoms with Crippen molar-refractivity contribution in [2.24, 2.45) is 0 Å². The zero-order valence-electron chi connectivity index (χ0n) is 20.0. The van der Waals surface area contributed by atoms with Gasteiger partial charge < -0.3 is 33.9 Å². The molecule has 0 saturated heterocycles. The second-order valence-electron chi connectivity index (χ2n) is 8.41. The summed E-state index contributed by atoms with van der Waals surface area (Å²) in [4.78, 5) is 38.2. The summed E-state index contributed by atoms with van der Waals surface area (Å²) in [7, 11) is 4.35. The molecule has 10 heteroatoms. The van der Waals surface area contributed by atoms with E-state index in [1.165, 1.54) is 19.1 Å². The number of esters is 1. The van der Waals surface area contributed by atoms with E-state index in [1.54, 1.807) is 58.2 Å². The first kappa shape index (κ1) is 24.7. The van der Waals surface area contributed by atoms with Crippen LogP contribution < -0.4 is 24.4 Å². The third-order valence-corrected chi connectivity index (χ3v) is 4.93. The molecule has 2 aromatic carbocycles. The lowest BCUT2D eigenvalue weighted by molar-refractivity contribution is -0.117. The molecule has 1 N–H and O–H groups in total. The maximum Gasteiger partial charge on any atom is 0.408 e. The number of hydrogen-bond donors (Lipinski definition) is 1. The van der Waals surface area contributed by atoms with Gasteiger partial charge >= 0.3 is 12.1 Å². The van der Waals surface area contributed by atoms with Crippen LogP contribution in [0.25, 0.3) is 11.1 Å². The van der Waals surface area contributed by atoms with Crippen molar-refractivity contribution in [3.63, 3.8) is 0 Å². The van der Waals surface area contributed by atoms with Crippen molar-refractivity contribution >= 4 is 23.7 Å². The molecule has 10 nitrogen and oxygen atoms in total. The summed E-state index contributed by atoms with van der Waals surface area (Å²) in [6, 6.07) is 8.47. The summed E-state index contributed by atoms with van der Waals surface area (Å²) in [5.74, 6) is 0.232. The summed E-state index contributed by atoms with van der Waals surface area (Å²) in [5.41, 5.74) is 1.30. The molecule has 0 fully saturated rings. The molecule has 2 amide bonds. The smallest absolute Gasteiger partial charge is 0.408 e. The lowest BCUT2D eigenvalue weighted by Gasteiger charge is -2.21. The van der Waals surface area contributed by atoms with Gasteiger partial charge in [-0.05, 0) is 44.5 Å². The van der Waals surface area contributed by atoms with Crippen LogP contribution in [0.15, 0.2) is 30.3 Å². The highest BCUT2D eigenvalue weighted by atomic mass is 16.7. The molecule has 1 aliphatic heterocycles. The highest BCUT2D eigenvalue weighted by molar-refractivity contribution is 6.01. The van der Waals surface area contributed by atoms with E-state index in [2.05, 4.69) is 5.32 Å². The van der Waals surface area contributed by atoms with E-state index in [9.17, 15) is 14.4 Å². The maximum absolute atomic E-state index is 12.5. The Kier molecular flexibility index (Phi) is 7.19. The third-order valence-electron chi connectivity index (χ3n) is 4.93. The van der Waals surface area contributed by atoms with Crippen LogP contribution in [-0.2, 0) is 14.3 Å². The first-order valence-corrected chi connectivity index (χ1v) is 10.5. The zero-order chi connectivity index (χ0) is 25.0. The number of methoxy groups -OCH3 is 2. The fourth-order valence-electron chi connectivity index (χ4n) is 3.34. The van der Waals surface area contributed by atoms with Crippen molar-refractivity contribution in [3.05, 3.63) is 35.9 Å². The van der Waals surface area contributed by atoms with Gasteiger partial charge in [-0.3, -0.25) is 4.79 Å². The van der Waals surface area contributed by atoms with Crippen LogP contribution >= 0.6 is 0 Å². The van der Waals surface area contributed by atoms with Gasteiger partial charge in [0.15, 0.2) is 11.5 Å². The number of carbonyl (C=O) groups excluding carboxylic acids is 3. The Morgan fingerprint density at radius 2 is 1.76 bits per heavy atom. The number of hydrogen-bond acceptors (Lipinski definition) is 8. The molecule has 1 heterocycles. The van der Waals surface area contributed by atoms with E-state index in [-0.39, 0.29) is 24.8 Å². The number of nitrogens with zero attached hydrogens (tertiary/aromatic N) is 1. The number of alkyl carbamates (subject to hydrolysis) is 1. The number of anilines is 1. The van der Waals surface area contributed by atoms with Crippen molar-refractivity contribution in [2.75, 3.05) is 39.5 Å². The fraction of sp³-hybridized carbons (Fsp3) is 0.375. The van der Waals surface area contributed by atoms with Crippen molar-refractivity contribution in [2.45, 2.75) is 26.4 Å². The molecule has 34 heavy (non-hydrogen) atoms. The molecule has 0 aromatic heterocycles. The molecule has 0 unspecified atom stereocenters. The van der Waals surface area contributed by atoms with Crippen LogP contribution in [0.3, 0.4) is 0 Å². The molecule has 0 radical (unpaired) electrons. The fourth-order valence-corrected chi connectivity index (χ4v) is 3.34.